The molecule has 0 spiro atoms. The van der Waals surface area contributed by atoms with E-state index in [0.29, 0.717) is 12.8 Å². The third kappa shape index (κ3) is 2.29. The van der Waals surface area contributed by atoms with Gasteiger partial charge in [0.25, 0.3) is 0 Å². The zero-order valence-corrected chi connectivity index (χ0v) is 7.36. The predicted octanol–water partition coefficient (Wildman–Crippen LogP) is 0.400. The minimum absolute atomic E-state index is 0.00137. The van der Waals surface area contributed by atoms with Gasteiger partial charge in [0.15, 0.2) is 0 Å². The minimum atomic E-state index is -2.80. The van der Waals surface area contributed by atoms with E-state index >= 15 is 0 Å². The first-order chi connectivity index (χ1) is 5.01. The van der Waals surface area contributed by atoms with Gasteiger partial charge in [0.1, 0.15) is 15.6 Å². The van der Waals surface area contributed by atoms with Gasteiger partial charge >= 0.3 is 0 Å². The SMILES string of the molecule is CC(=O)C1CCS(=O)(=O)CC1. The molecule has 0 atom stereocenters. The maximum atomic E-state index is 10.9. The zero-order valence-electron chi connectivity index (χ0n) is 6.54. The van der Waals surface area contributed by atoms with Crippen LogP contribution in [-0.4, -0.2) is 25.7 Å². The molecular weight excluding hydrogens is 164 g/mol. The average molecular weight is 176 g/mol. The van der Waals surface area contributed by atoms with Crippen molar-refractivity contribution in [3.63, 3.8) is 0 Å². The van der Waals surface area contributed by atoms with Crippen molar-refractivity contribution < 1.29 is 13.2 Å². The molecule has 0 bridgehead atoms. The number of Topliss-reactive ketones (excluding diaryl/α,β-unsaturated/α-hetero) is 1. The van der Waals surface area contributed by atoms with Crippen LogP contribution in [0.15, 0.2) is 0 Å². The number of carbonyl (C=O) groups is 1. The molecule has 0 aliphatic carbocycles. The van der Waals surface area contributed by atoms with Crippen LogP contribution in [0.2, 0.25) is 0 Å². The fourth-order valence-electron chi connectivity index (χ4n) is 1.30. The Hall–Kier alpha value is -0.380. The van der Waals surface area contributed by atoms with E-state index in [2.05, 4.69) is 0 Å². The van der Waals surface area contributed by atoms with Gasteiger partial charge in [0.2, 0.25) is 0 Å². The Balaban J connectivity index is 2.56. The molecule has 1 saturated heterocycles. The maximum Gasteiger partial charge on any atom is 0.150 e. The Kier molecular flexibility index (Phi) is 2.32. The smallest absolute Gasteiger partial charge is 0.150 e. The standard InChI is InChI=1S/C7H12O3S/c1-6(8)7-2-4-11(9,10)5-3-7/h7H,2-5H2,1H3. The second-order valence-corrected chi connectivity index (χ2v) is 5.34. The summed E-state index contributed by atoms with van der Waals surface area (Å²) in [5.41, 5.74) is 0. The fraction of sp³-hybridized carbons (Fsp3) is 0.857. The third-order valence-corrected chi connectivity index (χ3v) is 3.84. The number of carbonyl (C=O) groups excluding carboxylic acids is 1. The lowest BCUT2D eigenvalue weighted by molar-refractivity contribution is -0.120. The molecular formula is C7H12O3S. The normalized spacial score (nSPS) is 24.8. The molecule has 0 aromatic carbocycles. The van der Waals surface area contributed by atoms with Crippen LogP contribution in [0, 0.1) is 5.92 Å². The van der Waals surface area contributed by atoms with Crippen LogP contribution >= 0.6 is 0 Å². The summed E-state index contributed by atoms with van der Waals surface area (Å²) in [4.78, 5) is 10.8. The molecule has 1 fully saturated rings. The summed E-state index contributed by atoms with van der Waals surface area (Å²) in [6.45, 7) is 1.53. The Morgan fingerprint density at radius 1 is 1.27 bits per heavy atom. The second-order valence-electron chi connectivity index (χ2n) is 3.04. The van der Waals surface area contributed by atoms with Gasteiger partial charge in [-0.2, -0.15) is 0 Å². The third-order valence-electron chi connectivity index (χ3n) is 2.13. The quantitative estimate of drug-likeness (QED) is 0.581. The Morgan fingerprint density at radius 3 is 2.09 bits per heavy atom. The van der Waals surface area contributed by atoms with Crippen LogP contribution in [-0.2, 0) is 14.6 Å². The van der Waals surface area contributed by atoms with E-state index in [-0.39, 0.29) is 23.2 Å². The summed E-state index contributed by atoms with van der Waals surface area (Å²) in [6, 6.07) is 0. The molecule has 0 saturated carbocycles. The molecule has 0 N–H and O–H groups in total. The van der Waals surface area contributed by atoms with Crippen LogP contribution in [0.4, 0.5) is 0 Å². The first-order valence-electron chi connectivity index (χ1n) is 3.72. The monoisotopic (exact) mass is 176 g/mol. The number of hydrogen-bond acceptors (Lipinski definition) is 3. The molecule has 0 radical (unpaired) electrons. The molecule has 1 aliphatic heterocycles. The first kappa shape index (κ1) is 8.71. The van der Waals surface area contributed by atoms with Gasteiger partial charge in [0, 0.05) is 5.92 Å². The minimum Gasteiger partial charge on any atom is -0.300 e. The van der Waals surface area contributed by atoms with Crippen molar-refractivity contribution in [2.75, 3.05) is 11.5 Å². The summed E-state index contributed by atoms with van der Waals surface area (Å²) in [6.07, 6.45) is 1.05. The molecule has 4 heteroatoms. The summed E-state index contributed by atoms with van der Waals surface area (Å²) in [5, 5.41) is 0. The summed E-state index contributed by atoms with van der Waals surface area (Å²) < 4.78 is 21.8. The van der Waals surface area contributed by atoms with Gasteiger partial charge in [-0.3, -0.25) is 4.79 Å². The van der Waals surface area contributed by atoms with E-state index in [1.165, 1.54) is 6.92 Å². The lowest BCUT2D eigenvalue weighted by atomic mass is 9.99. The first-order valence-corrected chi connectivity index (χ1v) is 5.54. The molecule has 0 unspecified atom stereocenters. The summed E-state index contributed by atoms with van der Waals surface area (Å²) >= 11 is 0. The second kappa shape index (κ2) is 2.93. The lowest BCUT2D eigenvalue weighted by Crippen LogP contribution is -2.26. The molecule has 1 rings (SSSR count). The van der Waals surface area contributed by atoms with Crippen molar-refractivity contribution in [3.05, 3.63) is 0 Å². The highest BCUT2D eigenvalue weighted by Gasteiger charge is 2.25. The van der Waals surface area contributed by atoms with Gasteiger partial charge in [0.05, 0.1) is 11.5 Å². The fourth-order valence-corrected chi connectivity index (χ4v) is 2.79. The van der Waals surface area contributed by atoms with Crippen LogP contribution in [0.5, 0.6) is 0 Å². The van der Waals surface area contributed by atoms with Gasteiger partial charge in [-0.1, -0.05) is 0 Å². The van der Waals surface area contributed by atoms with E-state index in [1.54, 1.807) is 0 Å². The average Bonchev–Trinajstić information content (AvgIpc) is 1.86. The van der Waals surface area contributed by atoms with E-state index in [4.69, 9.17) is 0 Å². The van der Waals surface area contributed by atoms with E-state index < -0.39 is 9.84 Å². The molecule has 0 amide bonds. The highest BCUT2D eigenvalue weighted by molar-refractivity contribution is 7.91. The Labute approximate surface area is 66.7 Å². The molecule has 3 nitrogen and oxygen atoms in total. The molecule has 0 aromatic heterocycles. The number of rotatable bonds is 1. The molecule has 64 valence electrons. The largest absolute Gasteiger partial charge is 0.300 e. The summed E-state index contributed by atoms with van der Waals surface area (Å²) in [7, 11) is -2.80. The molecule has 0 aromatic rings. The van der Waals surface area contributed by atoms with E-state index in [0.717, 1.165) is 0 Å². The van der Waals surface area contributed by atoms with Gasteiger partial charge in [-0.05, 0) is 19.8 Å². The zero-order chi connectivity index (χ0) is 8.48. The maximum absolute atomic E-state index is 10.9. The van der Waals surface area contributed by atoms with Crippen molar-refractivity contribution in [1.29, 1.82) is 0 Å². The van der Waals surface area contributed by atoms with Crippen molar-refractivity contribution >= 4 is 15.6 Å². The highest BCUT2D eigenvalue weighted by atomic mass is 32.2. The lowest BCUT2D eigenvalue weighted by Gasteiger charge is -2.18. The molecule has 1 aliphatic rings. The molecule has 1 heterocycles. The number of ketones is 1. The van der Waals surface area contributed by atoms with Crippen LogP contribution in [0.25, 0.3) is 0 Å². The van der Waals surface area contributed by atoms with Gasteiger partial charge in [-0.15, -0.1) is 0 Å². The number of sulfone groups is 1. The van der Waals surface area contributed by atoms with Gasteiger partial charge in [-0.25, -0.2) is 8.42 Å². The van der Waals surface area contributed by atoms with Crippen LogP contribution in [0.1, 0.15) is 19.8 Å². The van der Waals surface area contributed by atoms with Crippen molar-refractivity contribution in [3.8, 4) is 0 Å². The predicted molar refractivity (Wildman–Crippen MR) is 42.1 cm³/mol. The topological polar surface area (TPSA) is 51.2 Å². The van der Waals surface area contributed by atoms with Crippen molar-refractivity contribution in [1.82, 2.24) is 0 Å². The van der Waals surface area contributed by atoms with Crippen molar-refractivity contribution in [2.45, 2.75) is 19.8 Å². The van der Waals surface area contributed by atoms with Crippen LogP contribution < -0.4 is 0 Å². The number of hydrogen-bond donors (Lipinski definition) is 0. The molecule has 11 heavy (non-hydrogen) atoms. The van der Waals surface area contributed by atoms with Crippen LogP contribution in [0.3, 0.4) is 0 Å². The van der Waals surface area contributed by atoms with E-state index in [9.17, 15) is 13.2 Å². The highest BCUT2D eigenvalue weighted by Crippen LogP contribution is 2.19. The Morgan fingerprint density at radius 2 is 1.73 bits per heavy atom. The van der Waals surface area contributed by atoms with Gasteiger partial charge < -0.3 is 0 Å². The Bertz CT molecular complexity index is 239. The summed E-state index contributed by atoms with van der Waals surface area (Å²) in [5.74, 6) is 0.507. The van der Waals surface area contributed by atoms with E-state index in [1.807, 2.05) is 0 Å². The van der Waals surface area contributed by atoms with Crippen molar-refractivity contribution in [2.24, 2.45) is 5.92 Å².